The van der Waals surface area contributed by atoms with Gasteiger partial charge in [-0.2, -0.15) is 4.98 Å². The van der Waals surface area contributed by atoms with E-state index in [-0.39, 0.29) is 17.3 Å². The number of halogens is 1. The third-order valence-electron chi connectivity index (χ3n) is 2.49. The molecule has 4 N–H and O–H groups in total. The van der Waals surface area contributed by atoms with Crippen LogP contribution in [0.1, 0.15) is 18.8 Å². The molecule has 0 bridgehead atoms. The van der Waals surface area contributed by atoms with Crippen molar-refractivity contribution in [1.82, 2.24) is 9.97 Å². The van der Waals surface area contributed by atoms with Crippen LogP contribution in [0.2, 0.25) is 5.02 Å². The van der Waals surface area contributed by atoms with Crippen LogP contribution in [0.4, 0.5) is 0 Å². The van der Waals surface area contributed by atoms with Gasteiger partial charge < -0.3 is 15.8 Å². The van der Waals surface area contributed by atoms with Gasteiger partial charge in [0, 0.05) is 10.6 Å². The summed E-state index contributed by atoms with van der Waals surface area (Å²) < 4.78 is 0. The lowest BCUT2D eigenvalue weighted by Crippen LogP contribution is -2.19. The number of hydrogen-bond acceptors (Lipinski definition) is 4. The molecule has 2 rings (SSSR count). The number of H-pyrrole nitrogens is 1. The Kier molecular flexibility index (Phi) is 3.36. The van der Waals surface area contributed by atoms with E-state index in [4.69, 9.17) is 17.3 Å². The average molecular weight is 266 g/mol. The summed E-state index contributed by atoms with van der Waals surface area (Å²) >= 11 is 5.99. The van der Waals surface area contributed by atoms with Gasteiger partial charge in [-0.3, -0.25) is 4.79 Å². The molecule has 18 heavy (non-hydrogen) atoms. The van der Waals surface area contributed by atoms with Crippen molar-refractivity contribution in [3.63, 3.8) is 0 Å². The zero-order valence-corrected chi connectivity index (χ0v) is 10.4. The van der Waals surface area contributed by atoms with Crippen LogP contribution < -0.4 is 11.3 Å². The van der Waals surface area contributed by atoms with Crippen molar-refractivity contribution in [2.45, 2.75) is 13.0 Å². The van der Waals surface area contributed by atoms with Gasteiger partial charge in [0.05, 0.1) is 6.04 Å². The monoisotopic (exact) mass is 265 g/mol. The molecule has 0 amide bonds. The SMILES string of the molecule is CC(N)c1nc(O)c(-c2ccccc2Cl)c(=O)[nH]1. The topological polar surface area (TPSA) is 92.0 Å². The maximum absolute atomic E-state index is 11.9. The Labute approximate surface area is 108 Å². The number of rotatable bonds is 2. The summed E-state index contributed by atoms with van der Waals surface area (Å²) in [7, 11) is 0. The van der Waals surface area contributed by atoms with Gasteiger partial charge in [0.1, 0.15) is 11.4 Å². The second-order valence-corrected chi connectivity index (χ2v) is 4.33. The number of aromatic hydroxyl groups is 1. The smallest absolute Gasteiger partial charge is 0.262 e. The molecule has 0 aliphatic carbocycles. The van der Waals surface area contributed by atoms with E-state index in [1.807, 2.05) is 0 Å². The second-order valence-electron chi connectivity index (χ2n) is 3.92. The summed E-state index contributed by atoms with van der Waals surface area (Å²) in [6.45, 7) is 1.66. The molecular formula is C12H12ClN3O2. The van der Waals surface area contributed by atoms with E-state index in [0.29, 0.717) is 10.6 Å². The molecule has 1 aromatic heterocycles. The van der Waals surface area contributed by atoms with E-state index in [1.54, 1.807) is 31.2 Å². The molecule has 1 atom stereocenters. The molecule has 0 fully saturated rings. The normalized spacial score (nSPS) is 12.4. The predicted octanol–water partition coefficient (Wildman–Crippen LogP) is 1.82. The third kappa shape index (κ3) is 2.23. The molecule has 0 saturated heterocycles. The van der Waals surface area contributed by atoms with Gasteiger partial charge in [-0.25, -0.2) is 0 Å². The first-order valence-corrected chi connectivity index (χ1v) is 5.72. The molecule has 1 unspecified atom stereocenters. The van der Waals surface area contributed by atoms with E-state index < -0.39 is 11.6 Å². The molecule has 0 spiro atoms. The van der Waals surface area contributed by atoms with Crippen molar-refractivity contribution in [3.05, 3.63) is 45.5 Å². The molecular weight excluding hydrogens is 254 g/mol. The van der Waals surface area contributed by atoms with Gasteiger partial charge in [-0.1, -0.05) is 29.8 Å². The van der Waals surface area contributed by atoms with Gasteiger partial charge >= 0.3 is 0 Å². The Morgan fingerprint density at radius 3 is 2.67 bits per heavy atom. The summed E-state index contributed by atoms with van der Waals surface area (Å²) in [6.07, 6.45) is 0. The Balaban J connectivity index is 2.67. The highest BCUT2D eigenvalue weighted by Gasteiger charge is 2.16. The molecule has 5 nitrogen and oxygen atoms in total. The maximum atomic E-state index is 11.9. The molecule has 0 saturated carbocycles. The van der Waals surface area contributed by atoms with Gasteiger partial charge in [0.15, 0.2) is 0 Å². The van der Waals surface area contributed by atoms with Gasteiger partial charge in [0.2, 0.25) is 5.88 Å². The number of nitrogens with one attached hydrogen (secondary N) is 1. The fourth-order valence-electron chi connectivity index (χ4n) is 1.60. The van der Waals surface area contributed by atoms with Gasteiger partial charge in [-0.05, 0) is 13.0 Å². The van der Waals surface area contributed by atoms with E-state index in [9.17, 15) is 9.90 Å². The average Bonchev–Trinajstić information content (AvgIpc) is 2.30. The second kappa shape index (κ2) is 4.80. The molecule has 2 aromatic rings. The van der Waals surface area contributed by atoms with Crippen molar-refractivity contribution in [2.24, 2.45) is 5.73 Å². The molecule has 6 heteroatoms. The van der Waals surface area contributed by atoms with Crippen molar-refractivity contribution in [1.29, 1.82) is 0 Å². The highest BCUT2D eigenvalue weighted by molar-refractivity contribution is 6.33. The Hall–Kier alpha value is -1.85. The maximum Gasteiger partial charge on any atom is 0.262 e. The first-order chi connectivity index (χ1) is 8.50. The van der Waals surface area contributed by atoms with Gasteiger partial charge in [0.25, 0.3) is 5.56 Å². The standard InChI is InChI=1S/C12H12ClN3O2/c1-6(14)10-15-11(17)9(12(18)16-10)7-4-2-3-5-8(7)13/h2-6H,14H2,1H3,(H2,15,16,17,18). The quantitative estimate of drug-likeness (QED) is 0.772. The number of hydrogen-bond donors (Lipinski definition) is 3. The van der Waals surface area contributed by atoms with Crippen molar-refractivity contribution in [3.8, 4) is 17.0 Å². The van der Waals surface area contributed by atoms with Crippen LogP contribution in [0, 0.1) is 0 Å². The lowest BCUT2D eigenvalue weighted by molar-refractivity contribution is 0.447. The third-order valence-corrected chi connectivity index (χ3v) is 2.82. The summed E-state index contributed by atoms with van der Waals surface area (Å²) in [6, 6.07) is 6.26. The summed E-state index contributed by atoms with van der Waals surface area (Å²) in [5.74, 6) is -0.146. The summed E-state index contributed by atoms with van der Waals surface area (Å²) in [4.78, 5) is 18.3. The fraction of sp³-hybridized carbons (Fsp3) is 0.167. The van der Waals surface area contributed by atoms with Crippen LogP contribution in [0.5, 0.6) is 5.88 Å². The molecule has 1 heterocycles. The Morgan fingerprint density at radius 2 is 2.11 bits per heavy atom. The Morgan fingerprint density at radius 1 is 1.44 bits per heavy atom. The van der Waals surface area contributed by atoms with Gasteiger partial charge in [-0.15, -0.1) is 0 Å². The first kappa shape index (κ1) is 12.6. The fourth-order valence-corrected chi connectivity index (χ4v) is 1.83. The van der Waals surface area contributed by atoms with Crippen LogP contribution in [0.3, 0.4) is 0 Å². The molecule has 94 valence electrons. The highest BCUT2D eigenvalue weighted by Crippen LogP contribution is 2.29. The number of nitrogens with two attached hydrogens (primary N) is 1. The minimum atomic E-state index is -0.470. The van der Waals surface area contributed by atoms with E-state index in [1.165, 1.54) is 0 Å². The van der Waals surface area contributed by atoms with Crippen LogP contribution >= 0.6 is 11.6 Å². The highest BCUT2D eigenvalue weighted by atomic mass is 35.5. The molecule has 0 aliphatic rings. The summed E-state index contributed by atoms with van der Waals surface area (Å²) in [5.41, 5.74) is 5.61. The predicted molar refractivity (Wildman–Crippen MR) is 69.6 cm³/mol. The molecule has 0 aliphatic heterocycles. The van der Waals surface area contributed by atoms with E-state index in [0.717, 1.165) is 0 Å². The zero-order chi connectivity index (χ0) is 13.3. The number of nitrogens with zero attached hydrogens (tertiary/aromatic N) is 1. The van der Waals surface area contributed by atoms with Crippen LogP contribution in [0.25, 0.3) is 11.1 Å². The number of benzene rings is 1. The molecule has 0 radical (unpaired) electrons. The molecule has 1 aromatic carbocycles. The number of aromatic amines is 1. The largest absolute Gasteiger partial charge is 0.493 e. The minimum absolute atomic E-state index is 0.0463. The lowest BCUT2D eigenvalue weighted by atomic mass is 10.1. The van der Waals surface area contributed by atoms with E-state index >= 15 is 0 Å². The first-order valence-electron chi connectivity index (χ1n) is 5.34. The van der Waals surface area contributed by atoms with Crippen LogP contribution in [-0.2, 0) is 0 Å². The number of aromatic nitrogens is 2. The lowest BCUT2D eigenvalue weighted by Gasteiger charge is -2.09. The van der Waals surface area contributed by atoms with Crippen LogP contribution in [0.15, 0.2) is 29.1 Å². The summed E-state index contributed by atoms with van der Waals surface area (Å²) in [5, 5.41) is 10.2. The van der Waals surface area contributed by atoms with Crippen LogP contribution in [-0.4, -0.2) is 15.1 Å². The van der Waals surface area contributed by atoms with Crippen molar-refractivity contribution in [2.75, 3.05) is 0 Å². The zero-order valence-electron chi connectivity index (χ0n) is 9.64. The minimum Gasteiger partial charge on any atom is -0.493 e. The van der Waals surface area contributed by atoms with E-state index in [2.05, 4.69) is 9.97 Å². The Bertz CT molecular complexity index is 637. The van der Waals surface area contributed by atoms with Crippen molar-refractivity contribution >= 4 is 11.6 Å². The van der Waals surface area contributed by atoms with Crippen molar-refractivity contribution < 1.29 is 5.11 Å².